The molecular formula is C23H26F3N7O. The lowest BCUT2D eigenvalue weighted by Gasteiger charge is -2.29. The highest BCUT2D eigenvalue weighted by atomic mass is 19.1. The van der Waals surface area contributed by atoms with Crippen molar-refractivity contribution in [2.45, 2.75) is 63.5 Å². The number of amides is 1. The van der Waals surface area contributed by atoms with Crippen LogP contribution in [0.2, 0.25) is 0 Å². The summed E-state index contributed by atoms with van der Waals surface area (Å²) in [6, 6.07) is 1.41. The fraction of sp³-hybridized carbons (Fsp3) is 0.478. The summed E-state index contributed by atoms with van der Waals surface area (Å²) >= 11 is 0. The zero-order valence-corrected chi connectivity index (χ0v) is 18.5. The second kappa shape index (κ2) is 9.11. The maximum atomic E-state index is 14.4. The summed E-state index contributed by atoms with van der Waals surface area (Å²) in [6.45, 7) is 0. The van der Waals surface area contributed by atoms with Crippen LogP contribution >= 0.6 is 0 Å². The van der Waals surface area contributed by atoms with E-state index in [0.717, 1.165) is 25.7 Å². The van der Waals surface area contributed by atoms with E-state index in [1.54, 1.807) is 10.8 Å². The molecule has 34 heavy (non-hydrogen) atoms. The van der Waals surface area contributed by atoms with E-state index >= 15 is 0 Å². The molecule has 0 spiro atoms. The topological polar surface area (TPSA) is 111 Å². The molecular weight excluding hydrogens is 447 g/mol. The normalized spacial score (nSPS) is 21.1. The third kappa shape index (κ3) is 4.38. The molecule has 5 rings (SSSR count). The number of hydrogen-bond acceptors (Lipinski definition) is 6. The van der Waals surface area contributed by atoms with Crippen molar-refractivity contribution in [3.8, 4) is 0 Å². The van der Waals surface area contributed by atoms with Crippen molar-refractivity contribution in [1.29, 1.82) is 0 Å². The third-order valence-corrected chi connectivity index (χ3v) is 6.83. The Morgan fingerprint density at radius 2 is 1.68 bits per heavy atom. The first-order chi connectivity index (χ1) is 16.4. The highest BCUT2D eigenvalue weighted by molar-refractivity contribution is 5.78. The van der Waals surface area contributed by atoms with Crippen molar-refractivity contribution in [2.75, 3.05) is 10.6 Å². The minimum atomic E-state index is -1.07. The highest BCUT2D eigenvalue weighted by Crippen LogP contribution is 2.37. The Kier molecular flexibility index (Phi) is 6.01. The molecule has 0 bridgehead atoms. The van der Waals surface area contributed by atoms with E-state index in [-0.39, 0.29) is 23.8 Å². The van der Waals surface area contributed by atoms with E-state index in [1.807, 2.05) is 0 Å². The maximum Gasteiger partial charge on any atom is 0.224 e. The molecule has 8 nitrogen and oxygen atoms in total. The number of hydrogen-bond donors (Lipinski definition) is 3. The number of aromatic nitrogens is 4. The first-order valence-corrected chi connectivity index (χ1v) is 11.6. The molecule has 3 aromatic rings. The summed E-state index contributed by atoms with van der Waals surface area (Å²) in [4.78, 5) is 25.2. The lowest BCUT2D eigenvalue weighted by atomic mass is 9.85. The highest BCUT2D eigenvalue weighted by Gasteiger charge is 2.30. The largest absolute Gasteiger partial charge is 0.369 e. The van der Waals surface area contributed by atoms with Gasteiger partial charge < -0.3 is 16.4 Å². The van der Waals surface area contributed by atoms with Gasteiger partial charge in [-0.25, -0.2) is 23.1 Å². The average molecular weight is 474 g/mol. The van der Waals surface area contributed by atoms with Crippen molar-refractivity contribution in [3.63, 3.8) is 0 Å². The number of nitrogens with one attached hydrogen (secondary N) is 2. The second-order valence-corrected chi connectivity index (χ2v) is 9.11. The minimum Gasteiger partial charge on any atom is -0.369 e. The van der Waals surface area contributed by atoms with Gasteiger partial charge in [0.2, 0.25) is 17.8 Å². The van der Waals surface area contributed by atoms with Gasteiger partial charge in [-0.15, -0.1) is 0 Å². The van der Waals surface area contributed by atoms with E-state index < -0.39 is 23.1 Å². The summed E-state index contributed by atoms with van der Waals surface area (Å²) in [5.74, 6) is -3.03. The first-order valence-electron chi connectivity index (χ1n) is 11.6. The summed E-state index contributed by atoms with van der Waals surface area (Å²) in [5, 5.41) is 6.07. The fourth-order valence-corrected chi connectivity index (χ4v) is 5.04. The van der Waals surface area contributed by atoms with Crippen LogP contribution in [0.25, 0.3) is 11.2 Å². The molecule has 2 fully saturated rings. The van der Waals surface area contributed by atoms with Crippen molar-refractivity contribution < 1.29 is 18.0 Å². The minimum absolute atomic E-state index is 0.121. The van der Waals surface area contributed by atoms with Crippen molar-refractivity contribution in [1.82, 2.24) is 19.5 Å². The first kappa shape index (κ1) is 22.4. The fourth-order valence-electron chi connectivity index (χ4n) is 5.04. The smallest absolute Gasteiger partial charge is 0.224 e. The van der Waals surface area contributed by atoms with Crippen LogP contribution in [0.5, 0.6) is 0 Å². The van der Waals surface area contributed by atoms with Gasteiger partial charge in [0.15, 0.2) is 17.3 Å². The van der Waals surface area contributed by atoms with Crippen LogP contribution in [0.15, 0.2) is 18.3 Å². The number of fused-ring (bicyclic) bond motifs is 1. The number of carbonyl (C=O) groups excluding carboxylic acids is 1. The number of halogens is 3. The molecule has 1 amide bonds. The summed E-state index contributed by atoms with van der Waals surface area (Å²) in [7, 11) is 0. The van der Waals surface area contributed by atoms with E-state index in [1.165, 1.54) is 0 Å². The Bertz CT molecular complexity index is 1190. The van der Waals surface area contributed by atoms with E-state index in [9.17, 15) is 18.0 Å². The number of primary amides is 1. The van der Waals surface area contributed by atoms with Gasteiger partial charge in [0.25, 0.3) is 0 Å². The summed E-state index contributed by atoms with van der Waals surface area (Å²) in [5.41, 5.74) is 5.96. The van der Waals surface area contributed by atoms with Crippen LogP contribution in [0.4, 0.5) is 30.8 Å². The van der Waals surface area contributed by atoms with Crippen molar-refractivity contribution >= 4 is 34.7 Å². The third-order valence-electron chi connectivity index (χ3n) is 6.83. The van der Waals surface area contributed by atoms with E-state index in [2.05, 4.69) is 25.6 Å². The molecule has 180 valence electrons. The van der Waals surface area contributed by atoms with Crippen LogP contribution in [-0.4, -0.2) is 31.5 Å². The van der Waals surface area contributed by atoms with Crippen molar-refractivity contribution in [3.05, 3.63) is 35.8 Å². The molecule has 0 aliphatic heterocycles. The molecule has 2 saturated carbocycles. The molecule has 0 unspecified atom stereocenters. The Labute approximate surface area is 194 Å². The Balaban J connectivity index is 1.54. The monoisotopic (exact) mass is 473 g/mol. The lowest BCUT2D eigenvalue weighted by molar-refractivity contribution is -0.122. The molecule has 2 aromatic heterocycles. The van der Waals surface area contributed by atoms with Gasteiger partial charge in [0.1, 0.15) is 17.0 Å². The van der Waals surface area contributed by atoms with Gasteiger partial charge in [0, 0.05) is 30.1 Å². The molecule has 0 radical (unpaired) electrons. The van der Waals surface area contributed by atoms with Gasteiger partial charge in [-0.05, 0) is 38.5 Å². The number of nitrogens with zero attached hydrogens (tertiary/aromatic N) is 4. The van der Waals surface area contributed by atoms with Crippen LogP contribution in [0.3, 0.4) is 0 Å². The SMILES string of the molecule is NC(=O)C1CCC(n2c(Nc3c(F)cc(F)cc3F)nc3cnc(NC4CCCC4)nc32)CC1. The summed E-state index contributed by atoms with van der Waals surface area (Å²) in [6.07, 6.45) is 8.42. The maximum absolute atomic E-state index is 14.4. The number of rotatable bonds is 6. The zero-order chi connectivity index (χ0) is 23.8. The number of carbonyl (C=O) groups is 1. The van der Waals surface area contributed by atoms with Crippen LogP contribution in [0, 0.1) is 23.4 Å². The molecule has 4 N–H and O–H groups in total. The predicted molar refractivity (Wildman–Crippen MR) is 121 cm³/mol. The molecule has 0 saturated heterocycles. The van der Waals surface area contributed by atoms with Gasteiger partial charge in [0.05, 0.1) is 6.20 Å². The van der Waals surface area contributed by atoms with Crippen LogP contribution < -0.4 is 16.4 Å². The molecule has 1 aromatic carbocycles. The molecule has 2 aliphatic carbocycles. The molecule has 2 aliphatic rings. The van der Waals surface area contributed by atoms with Gasteiger partial charge >= 0.3 is 0 Å². The van der Waals surface area contributed by atoms with Crippen molar-refractivity contribution in [2.24, 2.45) is 11.7 Å². The van der Waals surface area contributed by atoms with Crippen LogP contribution in [-0.2, 0) is 4.79 Å². The van der Waals surface area contributed by atoms with E-state index in [4.69, 9.17) is 5.73 Å². The molecule has 11 heteroatoms. The van der Waals surface area contributed by atoms with Crippen LogP contribution in [0.1, 0.15) is 57.4 Å². The number of nitrogens with two attached hydrogens (primary N) is 1. The van der Waals surface area contributed by atoms with E-state index in [0.29, 0.717) is 61.0 Å². The number of benzene rings is 1. The number of anilines is 3. The predicted octanol–water partition coefficient (Wildman–Crippen LogP) is 4.56. The van der Waals surface area contributed by atoms with Gasteiger partial charge in [-0.1, -0.05) is 12.8 Å². The average Bonchev–Trinajstić information content (AvgIpc) is 3.43. The molecule has 0 atom stereocenters. The van der Waals surface area contributed by atoms with Gasteiger partial charge in [-0.3, -0.25) is 9.36 Å². The summed E-state index contributed by atoms with van der Waals surface area (Å²) < 4.78 is 44.0. The van der Waals surface area contributed by atoms with Gasteiger partial charge in [-0.2, -0.15) is 4.98 Å². The number of imidazole rings is 1. The Morgan fingerprint density at radius 3 is 2.32 bits per heavy atom. The lowest BCUT2D eigenvalue weighted by Crippen LogP contribution is -2.29. The zero-order valence-electron chi connectivity index (χ0n) is 18.5. The quantitative estimate of drug-likeness (QED) is 0.484. The second-order valence-electron chi connectivity index (χ2n) is 9.11. The standard InChI is InChI=1S/C23H26F3N7O/c24-13-9-16(25)19(17(26)10-13)31-23-30-18-11-28-22(29-14-3-1-2-4-14)32-21(18)33(23)15-7-5-12(6-8-15)20(27)34/h9-12,14-15H,1-8H2,(H2,27,34)(H,30,31)(H,28,29,32). The Hall–Kier alpha value is -3.37. The Morgan fingerprint density at radius 1 is 1.00 bits per heavy atom. The molecule has 2 heterocycles.